The van der Waals surface area contributed by atoms with Gasteiger partial charge < -0.3 is 10.6 Å². The average Bonchev–Trinajstić information content (AvgIpc) is 2.61. The number of carbonyl (C=O) groups is 2. The minimum atomic E-state index is -0.741. The van der Waals surface area contributed by atoms with E-state index in [4.69, 9.17) is 0 Å². The molecule has 0 spiro atoms. The molecule has 2 rings (SSSR count). The van der Waals surface area contributed by atoms with Crippen molar-refractivity contribution in [2.45, 2.75) is 6.04 Å². The van der Waals surface area contributed by atoms with Gasteiger partial charge in [-0.05, 0) is 32.3 Å². The third-order valence-corrected chi connectivity index (χ3v) is 3.60. The Balaban J connectivity index is 1.88. The Hall–Kier alpha value is -2.80. The van der Waals surface area contributed by atoms with Crippen LogP contribution in [0.4, 0.5) is 4.39 Å². The number of hydrogen-bond acceptors (Lipinski definition) is 4. The molecular formula is C18H21FN4O2. The van der Waals surface area contributed by atoms with Crippen molar-refractivity contribution in [1.29, 1.82) is 0 Å². The number of likely N-dealkylation sites (N-methyl/N-ethyl adjacent to an activating group) is 1. The third kappa shape index (κ3) is 5.09. The summed E-state index contributed by atoms with van der Waals surface area (Å²) >= 11 is 0. The van der Waals surface area contributed by atoms with Gasteiger partial charge in [0.15, 0.2) is 0 Å². The van der Waals surface area contributed by atoms with Crippen molar-refractivity contribution in [3.63, 3.8) is 0 Å². The Morgan fingerprint density at radius 1 is 1.12 bits per heavy atom. The second-order valence-corrected chi connectivity index (χ2v) is 5.68. The van der Waals surface area contributed by atoms with Crippen LogP contribution in [0.2, 0.25) is 0 Å². The number of hydrogen-bond donors (Lipinski definition) is 2. The fraction of sp³-hybridized carbons (Fsp3) is 0.278. The molecule has 1 aromatic heterocycles. The van der Waals surface area contributed by atoms with Crippen LogP contribution >= 0.6 is 0 Å². The SMILES string of the molecule is CN(C)[C@@H](C(=O)NCCNC(=O)c1cccnc1)c1ccccc1F. The summed E-state index contributed by atoms with van der Waals surface area (Å²) in [7, 11) is 3.42. The summed E-state index contributed by atoms with van der Waals surface area (Å²) < 4.78 is 14.0. The van der Waals surface area contributed by atoms with Gasteiger partial charge in [0.05, 0.1) is 5.56 Å². The summed E-state index contributed by atoms with van der Waals surface area (Å²) in [5.74, 6) is -1.02. The first-order valence-corrected chi connectivity index (χ1v) is 7.87. The predicted molar refractivity (Wildman–Crippen MR) is 92.4 cm³/mol. The molecule has 132 valence electrons. The molecule has 2 amide bonds. The lowest BCUT2D eigenvalue weighted by molar-refractivity contribution is -0.125. The number of aromatic nitrogens is 1. The highest BCUT2D eigenvalue weighted by atomic mass is 19.1. The van der Waals surface area contributed by atoms with Gasteiger partial charge >= 0.3 is 0 Å². The van der Waals surface area contributed by atoms with E-state index in [0.29, 0.717) is 11.1 Å². The van der Waals surface area contributed by atoms with Crippen LogP contribution in [-0.2, 0) is 4.79 Å². The van der Waals surface area contributed by atoms with E-state index in [0.717, 1.165) is 0 Å². The quantitative estimate of drug-likeness (QED) is 0.744. The zero-order valence-corrected chi connectivity index (χ0v) is 14.2. The predicted octanol–water partition coefficient (Wildman–Crippen LogP) is 1.37. The minimum absolute atomic E-state index is 0.240. The molecule has 0 aliphatic heterocycles. The molecule has 0 saturated carbocycles. The number of rotatable bonds is 7. The molecule has 0 aliphatic carbocycles. The van der Waals surface area contributed by atoms with Gasteiger partial charge in [0.2, 0.25) is 5.91 Å². The van der Waals surface area contributed by atoms with Crippen LogP contribution in [0.1, 0.15) is 22.0 Å². The lowest BCUT2D eigenvalue weighted by atomic mass is 10.0. The summed E-state index contributed by atoms with van der Waals surface area (Å²) in [5, 5.41) is 5.41. The lowest BCUT2D eigenvalue weighted by Gasteiger charge is -2.24. The number of nitrogens with zero attached hydrogens (tertiary/aromatic N) is 2. The van der Waals surface area contributed by atoms with Crippen LogP contribution in [0.5, 0.6) is 0 Å². The van der Waals surface area contributed by atoms with Gasteiger partial charge in [0, 0.05) is 31.0 Å². The Bertz CT molecular complexity index is 722. The number of halogens is 1. The average molecular weight is 344 g/mol. The molecule has 7 heteroatoms. The highest BCUT2D eigenvalue weighted by Crippen LogP contribution is 2.21. The van der Waals surface area contributed by atoms with Crippen LogP contribution < -0.4 is 10.6 Å². The van der Waals surface area contributed by atoms with Crippen LogP contribution in [-0.4, -0.2) is 48.9 Å². The van der Waals surface area contributed by atoms with Gasteiger partial charge in [-0.1, -0.05) is 18.2 Å². The molecule has 0 radical (unpaired) electrons. The van der Waals surface area contributed by atoms with E-state index in [-0.39, 0.29) is 24.9 Å². The van der Waals surface area contributed by atoms with E-state index in [9.17, 15) is 14.0 Å². The molecule has 1 aromatic carbocycles. The normalized spacial score (nSPS) is 11.8. The summed E-state index contributed by atoms with van der Waals surface area (Å²) in [6.07, 6.45) is 3.05. The molecular weight excluding hydrogens is 323 g/mol. The fourth-order valence-corrected chi connectivity index (χ4v) is 2.41. The van der Waals surface area contributed by atoms with Gasteiger partial charge in [-0.3, -0.25) is 19.5 Å². The van der Waals surface area contributed by atoms with Gasteiger partial charge in [-0.2, -0.15) is 0 Å². The molecule has 6 nitrogen and oxygen atoms in total. The number of amides is 2. The summed E-state index contributed by atoms with van der Waals surface area (Å²) in [6.45, 7) is 0.501. The van der Waals surface area contributed by atoms with Crippen molar-refractivity contribution in [2.24, 2.45) is 0 Å². The van der Waals surface area contributed by atoms with Crippen molar-refractivity contribution >= 4 is 11.8 Å². The Morgan fingerprint density at radius 3 is 2.48 bits per heavy atom. The largest absolute Gasteiger partial charge is 0.353 e. The summed E-state index contributed by atoms with van der Waals surface area (Å²) in [5.41, 5.74) is 0.760. The summed E-state index contributed by atoms with van der Waals surface area (Å²) in [4.78, 5) is 29.8. The number of pyridine rings is 1. The molecule has 1 atom stereocenters. The van der Waals surface area contributed by atoms with E-state index in [1.165, 1.54) is 12.3 Å². The molecule has 2 aromatic rings. The second-order valence-electron chi connectivity index (χ2n) is 5.68. The third-order valence-electron chi connectivity index (χ3n) is 3.60. The first kappa shape index (κ1) is 18.5. The zero-order valence-electron chi connectivity index (χ0n) is 14.2. The lowest BCUT2D eigenvalue weighted by Crippen LogP contribution is -2.41. The maximum atomic E-state index is 14.0. The van der Waals surface area contributed by atoms with Gasteiger partial charge in [-0.25, -0.2) is 4.39 Å². The van der Waals surface area contributed by atoms with Gasteiger partial charge in [0.25, 0.3) is 5.91 Å². The smallest absolute Gasteiger partial charge is 0.252 e. The first-order valence-electron chi connectivity index (χ1n) is 7.87. The van der Waals surface area contributed by atoms with Gasteiger partial charge in [0.1, 0.15) is 11.9 Å². The molecule has 0 fully saturated rings. The standard InChI is InChI=1S/C18H21FN4O2/c1-23(2)16(14-7-3-4-8-15(14)19)18(25)22-11-10-21-17(24)13-6-5-9-20-12-13/h3-9,12,16H,10-11H2,1-2H3,(H,21,24)(H,22,25)/t16-/m1/s1. The van der Waals surface area contributed by atoms with E-state index in [2.05, 4.69) is 15.6 Å². The van der Waals surface area contributed by atoms with E-state index in [1.54, 1.807) is 55.5 Å². The Morgan fingerprint density at radius 2 is 1.84 bits per heavy atom. The van der Waals surface area contributed by atoms with Crippen LogP contribution in [0.3, 0.4) is 0 Å². The van der Waals surface area contributed by atoms with Crippen molar-refractivity contribution < 1.29 is 14.0 Å². The van der Waals surface area contributed by atoms with Gasteiger partial charge in [-0.15, -0.1) is 0 Å². The van der Waals surface area contributed by atoms with E-state index in [1.807, 2.05) is 0 Å². The van der Waals surface area contributed by atoms with E-state index < -0.39 is 11.9 Å². The number of carbonyl (C=O) groups excluding carboxylic acids is 2. The molecule has 2 N–H and O–H groups in total. The monoisotopic (exact) mass is 344 g/mol. The molecule has 0 saturated heterocycles. The number of nitrogens with one attached hydrogen (secondary N) is 2. The first-order chi connectivity index (χ1) is 12.0. The van der Waals surface area contributed by atoms with Crippen molar-refractivity contribution in [3.8, 4) is 0 Å². The molecule has 0 unspecified atom stereocenters. The van der Waals surface area contributed by atoms with Crippen LogP contribution in [0.25, 0.3) is 0 Å². The van der Waals surface area contributed by atoms with Crippen LogP contribution in [0, 0.1) is 5.82 Å². The molecule has 25 heavy (non-hydrogen) atoms. The number of benzene rings is 1. The summed E-state index contributed by atoms with van der Waals surface area (Å²) in [6, 6.07) is 8.77. The highest BCUT2D eigenvalue weighted by molar-refractivity contribution is 5.93. The van der Waals surface area contributed by atoms with Crippen molar-refractivity contribution in [2.75, 3.05) is 27.2 Å². The minimum Gasteiger partial charge on any atom is -0.353 e. The molecule has 0 aliphatic rings. The topological polar surface area (TPSA) is 74.3 Å². The Labute approximate surface area is 146 Å². The maximum absolute atomic E-state index is 14.0. The highest BCUT2D eigenvalue weighted by Gasteiger charge is 2.25. The fourth-order valence-electron chi connectivity index (χ4n) is 2.41. The maximum Gasteiger partial charge on any atom is 0.252 e. The van der Waals surface area contributed by atoms with Crippen molar-refractivity contribution in [3.05, 3.63) is 65.7 Å². The van der Waals surface area contributed by atoms with Crippen molar-refractivity contribution in [1.82, 2.24) is 20.5 Å². The van der Waals surface area contributed by atoms with Crippen LogP contribution in [0.15, 0.2) is 48.8 Å². The molecule has 0 bridgehead atoms. The second kappa shape index (κ2) is 8.89. The molecule has 1 heterocycles. The Kier molecular flexibility index (Phi) is 6.59. The zero-order chi connectivity index (χ0) is 18.2. The van der Waals surface area contributed by atoms with E-state index >= 15 is 0 Å².